The summed E-state index contributed by atoms with van der Waals surface area (Å²) in [5.41, 5.74) is 7.59. The van der Waals surface area contributed by atoms with Gasteiger partial charge in [-0.15, -0.1) is 0 Å². The minimum absolute atomic E-state index is 0.141. The van der Waals surface area contributed by atoms with Crippen LogP contribution in [0.25, 0.3) is 11.4 Å². The lowest BCUT2D eigenvalue weighted by Gasteiger charge is -2.39. The van der Waals surface area contributed by atoms with Crippen molar-refractivity contribution in [2.75, 3.05) is 6.54 Å². The molecule has 0 saturated heterocycles. The van der Waals surface area contributed by atoms with Crippen LogP contribution in [0.1, 0.15) is 30.7 Å². The van der Waals surface area contributed by atoms with Crippen LogP contribution in [0.15, 0.2) is 22.7 Å². The van der Waals surface area contributed by atoms with Gasteiger partial charge in [0.05, 0.1) is 0 Å². The average Bonchev–Trinajstić information content (AvgIpc) is 2.82. The number of aromatic nitrogens is 2. The first-order chi connectivity index (χ1) is 9.62. The Kier molecular flexibility index (Phi) is 3.30. The van der Waals surface area contributed by atoms with Crippen LogP contribution in [0.5, 0.6) is 0 Å². The highest BCUT2D eigenvalue weighted by Crippen LogP contribution is 2.42. The van der Waals surface area contributed by atoms with Crippen molar-refractivity contribution in [1.29, 1.82) is 0 Å². The molecule has 0 aliphatic heterocycles. The van der Waals surface area contributed by atoms with Gasteiger partial charge >= 0.3 is 0 Å². The Morgan fingerprint density at radius 1 is 1.40 bits per heavy atom. The fourth-order valence-electron chi connectivity index (χ4n) is 2.76. The van der Waals surface area contributed by atoms with E-state index in [2.05, 4.69) is 10.1 Å². The van der Waals surface area contributed by atoms with E-state index in [4.69, 9.17) is 10.3 Å². The molecule has 1 saturated carbocycles. The summed E-state index contributed by atoms with van der Waals surface area (Å²) in [4.78, 5) is 4.43. The van der Waals surface area contributed by atoms with Crippen LogP contribution in [-0.4, -0.2) is 16.7 Å². The molecule has 1 fully saturated rings. The van der Waals surface area contributed by atoms with Crippen molar-refractivity contribution < 1.29 is 8.91 Å². The predicted octanol–water partition coefficient (Wildman–Crippen LogP) is 2.86. The van der Waals surface area contributed by atoms with Crippen molar-refractivity contribution in [2.45, 2.75) is 32.6 Å². The highest BCUT2D eigenvalue weighted by Gasteiger charge is 2.37. The Morgan fingerprint density at radius 3 is 2.80 bits per heavy atom. The van der Waals surface area contributed by atoms with E-state index in [9.17, 15) is 4.39 Å². The van der Waals surface area contributed by atoms with Crippen molar-refractivity contribution in [2.24, 2.45) is 11.1 Å². The largest absolute Gasteiger partial charge is 0.339 e. The van der Waals surface area contributed by atoms with Gasteiger partial charge in [-0.3, -0.25) is 0 Å². The number of nitrogens with zero attached hydrogens (tertiary/aromatic N) is 2. The van der Waals surface area contributed by atoms with Crippen LogP contribution in [0.4, 0.5) is 4.39 Å². The van der Waals surface area contributed by atoms with Crippen molar-refractivity contribution in [3.05, 3.63) is 35.5 Å². The molecule has 0 unspecified atom stereocenters. The first-order valence-electron chi connectivity index (χ1n) is 6.91. The monoisotopic (exact) mass is 275 g/mol. The number of benzene rings is 1. The maximum absolute atomic E-state index is 13.1. The average molecular weight is 275 g/mol. The van der Waals surface area contributed by atoms with E-state index < -0.39 is 0 Å². The number of nitrogens with two attached hydrogens (primary N) is 1. The fourth-order valence-corrected chi connectivity index (χ4v) is 2.76. The number of halogens is 1. The zero-order valence-corrected chi connectivity index (χ0v) is 11.5. The lowest BCUT2D eigenvalue weighted by atomic mass is 9.67. The molecule has 0 bridgehead atoms. The summed E-state index contributed by atoms with van der Waals surface area (Å²) in [6, 6.07) is 4.56. The summed E-state index contributed by atoms with van der Waals surface area (Å²) in [5, 5.41) is 4.00. The van der Waals surface area contributed by atoms with Crippen LogP contribution in [-0.2, 0) is 6.42 Å². The molecule has 1 aliphatic carbocycles. The topological polar surface area (TPSA) is 64.9 Å². The summed E-state index contributed by atoms with van der Waals surface area (Å²) >= 11 is 0. The zero-order valence-electron chi connectivity index (χ0n) is 11.5. The van der Waals surface area contributed by atoms with E-state index >= 15 is 0 Å². The van der Waals surface area contributed by atoms with E-state index in [0.717, 1.165) is 30.4 Å². The summed E-state index contributed by atoms with van der Waals surface area (Å²) in [6.45, 7) is 2.49. The van der Waals surface area contributed by atoms with Crippen molar-refractivity contribution in [1.82, 2.24) is 10.1 Å². The third-order valence-electron chi connectivity index (χ3n) is 4.27. The van der Waals surface area contributed by atoms with E-state index in [0.29, 0.717) is 18.3 Å². The van der Waals surface area contributed by atoms with Gasteiger partial charge in [0.15, 0.2) is 0 Å². The molecule has 1 aromatic heterocycles. The van der Waals surface area contributed by atoms with Gasteiger partial charge in [-0.1, -0.05) is 11.6 Å². The summed E-state index contributed by atoms with van der Waals surface area (Å²) in [7, 11) is 0. The molecule has 2 N–H and O–H groups in total. The van der Waals surface area contributed by atoms with Crippen LogP contribution < -0.4 is 5.73 Å². The third kappa shape index (κ3) is 2.33. The van der Waals surface area contributed by atoms with E-state index in [1.165, 1.54) is 18.6 Å². The molecule has 0 radical (unpaired) electrons. The second kappa shape index (κ2) is 4.98. The molecular formula is C15H18FN3O. The van der Waals surface area contributed by atoms with E-state index in [1.54, 1.807) is 6.07 Å². The maximum atomic E-state index is 13.1. The fraction of sp³-hybridized carbons (Fsp3) is 0.467. The highest BCUT2D eigenvalue weighted by molar-refractivity contribution is 5.59. The predicted molar refractivity (Wildman–Crippen MR) is 73.5 cm³/mol. The third-order valence-corrected chi connectivity index (χ3v) is 4.27. The number of hydrogen-bond donors (Lipinski definition) is 1. The molecule has 4 nitrogen and oxygen atoms in total. The van der Waals surface area contributed by atoms with Crippen LogP contribution in [0, 0.1) is 18.2 Å². The first-order valence-corrected chi connectivity index (χ1v) is 6.91. The van der Waals surface area contributed by atoms with Gasteiger partial charge in [-0.25, -0.2) is 4.39 Å². The van der Waals surface area contributed by atoms with Crippen molar-refractivity contribution in [3.63, 3.8) is 0 Å². The van der Waals surface area contributed by atoms with Crippen molar-refractivity contribution in [3.8, 4) is 11.4 Å². The molecule has 106 valence electrons. The van der Waals surface area contributed by atoms with Crippen LogP contribution in [0.3, 0.4) is 0 Å². The molecule has 0 amide bonds. The minimum atomic E-state index is -0.258. The van der Waals surface area contributed by atoms with Crippen molar-refractivity contribution >= 4 is 0 Å². The van der Waals surface area contributed by atoms with Gasteiger partial charge in [0.2, 0.25) is 11.7 Å². The van der Waals surface area contributed by atoms with Gasteiger partial charge in [-0.05, 0) is 55.5 Å². The summed E-state index contributed by atoms with van der Waals surface area (Å²) in [5.74, 6) is 0.879. The second-order valence-electron chi connectivity index (χ2n) is 5.71. The standard InChI is InChI=1S/C15H18FN3O/c1-10-7-11(16)3-4-12(10)14-18-13(20-19-14)8-15(9-17)5-2-6-15/h3-4,7H,2,5-6,8-9,17H2,1H3. The van der Waals surface area contributed by atoms with Crippen LogP contribution >= 0.6 is 0 Å². The lowest BCUT2D eigenvalue weighted by Crippen LogP contribution is -2.39. The Morgan fingerprint density at radius 2 is 2.20 bits per heavy atom. The normalized spacial score (nSPS) is 16.9. The molecule has 20 heavy (non-hydrogen) atoms. The first kappa shape index (κ1) is 13.2. The molecule has 1 heterocycles. The smallest absolute Gasteiger partial charge is 0.227 e. The van der Waals surface area contributed by atoms with Gasteiger partial charge in [0.1, 0.15) is 5.82 Å². The Hall–Kier alpha value is -1.75. The van der Waals surface area contributed by atoms with Gasteiger partial charge in [0.25, 0.3) is 0 Å². The number of rotatable bonds is 4. The quantitative estimate of drug-likeness (QED) is 0.931. The molecule has 1 aliphatic rings. The summed E-state index contributed by atoms with van der Waals surface area (Å²) < 4.78 is 18.4. The van der Waals surface area contributed by atoms with Gasteiger partial charge in [-0.2, -0.15) is 4.98 Å². The Balaban J connectivity index is 1.83. The van der Waals surface area contributed by atoms with Gasteiger partial charge in [0, 0.05) is 12.0 Å². The van der Waals surface area contributed by atoms with Crippen LogP contribution in [0.2, 0.25) is 0 Å². The number of hydrogen-bond acceptors (Lipinski definition) is 4. The number of aryl methyl sites for hydroxylation is 1. The maximum Gasteiger partial charge on any atom is 0.227 e. The molecular weight excluding hydrogens is 257 g/mol. The Labute approximate surface area is 117 Å². The zero-order chi connectivity index (χ0) is 14.2. The van der Waals surface area contributed by atoms with E-state index in [-0.39, 0.29) is 11.2 Å². The molecule has 5 heteroatoms. The summed E-state index contributed by atoms with van der Waals surface area (Å²) in [6.07, 6.45) is 4.19. The van der Waals surface area contributed by atoms with Gasteiger partial charge < -0.3 is 10.3 Å². The molecule has 1 aromatic carbocycles. The molecule has 3 rings (SSSR count). The Bertz CT molecular complexity index is 614. The van der Waals surface area contributed by atoms with E-state index in [1.807, 2.05) is 6.92 Å². The molecule has 0 atom stereocenters. The second-order valence-corrected chi connectivity index (χ2v) is 5.71. The SMILES string of the molecule is Cc1cc(F)ccc1-c1noc(CC2(CN)CCC2)n1. The highest BCUT2D eigenvalue weighted by atomic mass is 19.1. The lowest BCUT2D eigenvalue weighted by molar-refractivity contribution is 0.129. The minimum Gasteiger partial charge on any atom is -0.339 e. The molecule has 0 spiro atoms. The molecule has 2 aromatic rings.